The lowest BCUT2D eigenvalue weighted by molar-refractivity contribution is 0.270. The lowest BCUT2D eigenvalue weighted by Crippen LogP contribution is -2.28. The first-order chi connectivity index (χ1) is 8.90. The number of ether oxygens (including phenoxy) is 2. The van der Waals surface area contributed by atoms with Gasteiger partial charge in [-0.2, -0.15) is 0 Å². The number of hydrogen-bond donors (Lipinski definition) is 1. The Kier molecular flexibility index (Phi) is 5.63. The van der Waals surface area contributed by atoms with E-state index in [9.17, 15) is 0 Å². The average Bonchev–Trinajstić information content (AvgIpc) is 2.35. The second-order valence-electron chi connectivity index (χ2n) is 5.26. The molecule has 0 saturated carbocycles. The zero-order chi connectivity index (χ0) is 14.6. The molecular formula is C15H26N2O2. The van der Waals surface area contributed by atoms with E-state index in [1.165, 1.54) is 11.1 Å². The van der Waals surface area contributed by atoms with Gasteiger partial charge in [-0.3, -0.25) is 0 Å². The van der Waals surface area contributed by atoms with Gasteiger partial charge in [-0.25, -0.2) is 0 Å². The summed E-state index contributed by atoms with van der Waals surface area (Å²) in [6, 6.07) is 4.51. The number of aryl methyl sites for hydroxylation is 1. The first-order valence-corrected chi connectivity index (χ1v) is 6.55. The minimum Gasteiger partial charge on any atom is -0.493 e. The van der Waals surface area contributed by atoms with Crippen LogP contribution in [0.4, 0.5) is 0 Å². The van der Waals surface area contributed by atoms with Gasteiger partial charge in [0.05, 0.1) is 14.2 Å². The Labute approximate surface area is 116 Å². The minimum absolute atomic E-state index is 0.153. The topological polar surface area (TPSA) is 47.7 Å². The summed E-state index contributed by atoms with van der Waals surface area (Å²) in [6.45, 7) is 4.13. The van der Waals surface area contributed by atoms with Gasteiger partial charge in [-0.15, -0.1) is 0 Å². The van der Waals surface area contributed by atoms with E-state index in [-0.39, 0.29) is 12.1 Å². The van der Waals surface area contributed by atoms with E-state index in [0.717, 1.165) is 17.9 Å². The summed E-state index contributed by atoms with van der Waals surface area (Å²) in [6.07, 6.45) is 0.906. The first kappa shape index (κ1) is 15.8. The van der Waals surface area contributed by atoms with Gasteiger partial charge >= 0.3 is 0 Å². The van der Waals surface area contributed by atoms with E-state index in [2.05, 4.69) is 32.0 Å². The molecule has 0 saturated heterocycles. The van der Waals surface area contributed by atoms with E-state index >= 15 is 0 Å². The maximum absolute atomic E-state index is 5.96. The normalized spacial score (nSPS) is 14.3. The van der Waals surface area contributed by atoms with Crippen LogP contribution >= 0.6 is 0 Å². The predicted octanol–water partition coefficient (Wildman–Crippen LogP) is 2.35. The van der Waals surface area contributed by atoms with Gasteiger partial charge in [0, 0.05) is 12.1 Å². The highest BCUT2D eigenvalue weighted by atomic mass is 16.5. The lowest BCUT2D eigenvalue weighted by atomic mass is 9.95. The van der Waals surface area contributed by atoms with Crippen molar-refractivity contribution in [2.45, 2.75) is 32.4 Å². The third-order valence-electron chi connectivity index (χ3n) is 3.35. The molecule has 108 valence electrons. The average molecular weight is 266 g/mol. The number of hydrogen-bond acceptors (Lipinski definition) is 4. The van der Waals surface area contributed by atoms with Crippen LogP contribution in [-0.4, -0.2) is 39.3 Å². The third-order valence-corrected chi connectivity index (χ3v) is 3.35. The van der Waals surface area contributed by atoms with Crippen LogP contribution in [0.15, 0.2) is 12.1 Å². The molecule has 2 unspecified atom stereocenters. The van der Waals surface area contributed by atoms with Gasteiger partial charge in [0.15, 0.2) is 11.5 Å². The van der Waals surface area contributed by atoms with E-state index < -0.39 is 0 Å². The third kappa shape index (κ3) is 3.85. The number of methoxy groups -OCH3 is 2. The molecule has 0 aliphatic rings. The van der Waals surface area contributed by atoms with Crippen molar-refractivity contribution < 1.29 is 9.47 Å². The lowest BCUT2D eigenvalue weighted by Gasteiger charge is -2.28. The zero-order valence-electron chi connectivity index (χ0n) is 12.9. The van der Waals surface area contributed by atoms with Crippen LogP contribution in [0.25, 0.3) is 0 Å². The van der Waals surface area contributed by atoms with Gasteiger partial charge in [0.25, 0.3) is 0 Å². The van der Waals surface area contributed by atoms with Crippen LogP contribution in [-0.2, 0) is 0 Å². The van der Waals surface area contributed by atoms with Crippen LogP contribution in [0.1, 0.15) is 30.5 Å². The minimum atomic E-state index is 0.153. The van der Waals surface area contributed by atoms with Gasteiger partial charge in [0.1, 0.15) is 0 Å². The van der Waals surface area contributed by atoms with Crippen LogP contribution in [0.2, 0.25) is 0 Å². The standard InChI is InChI=1S/C15H26N2O2/c1-10-7-14(18-5)15(19-6)9-12(10)13(17(3)4)8-11(2)16/h7,9,11,13H,8,16H2,1-6H3. The molecule has 0 bridgehead atoms. The Balaban J connectivity index is 3.22. The van der Waals surface area contributed by atoms with Crippen molar-refractivity contribution in [2.24, 2.45) is 5.73 Å². The molecule has 0 aromatic heterocycles. The molecule has 0 aliphatic carbocycles. The molecule has 0 spiro atoms. The van der Waals surface area contributed by atoms with E-state index in [1.807, 2.05) is 13.0 Å². The monoisotopic (exact) mass is 266 g/mol. The molecular weight excluding hydrogens is 240 g/mol. The number of rotatable bonds is 6. The molecule has 2 atom stereocenters. The Hall–Kier alpha value is -1.26. The number of nitrogens with two attached hydrogens (primary N) is 1. The van der Waals surface area contributed by atoms with Gasteiger partial charge in [0.2, 0.25) is 0 Å². The predicted molar refractivity (Wildman–Crippen MR) is 79.0 cm³/mol. The van der Waals surface area contributed by atoms with Crippen molar-refractivity contribution in [3.05, 3.63) is 23.3 Å². The Bertz CT molecular complexity index is 417. The maximum atomic E-state index is 5.96. The molecule has 2 N–H and O–H groups in total. The van der Waals surface area contributed by atoms with Crippen LogP contribution < -0.4 is 15.2 Å². The second-order valence-corrected chi connectivity index (χ2v) is 5.26. The molecule has 0 amide bonds. The fourth-order valence-corrected chi connectivity index (χ4v) is 2.32. The fourth-order valence-electron chi connectivity index (χ4n) is 2.32. The first-order valence-electron chi connectivity index (χ1n) is 6.55. The van der Waals surface area contributed by atoms with Crippen molar-refractivity contribution in [1.82, 2.24) is 4.90 Å². The van der Waals surface area contributed by atoms with Crippen molar-refractivity contribution in [3.63, 3.8) is 0 Å². The fraction of sp³-hybridized carbons (Fsp3) is 0.600. The Morgan fingerprint density at radius 2 is 1.68 bits per heavy atom. The molecule has 0 radical (unpaired) electrons. The van der Waals surface area contributed by atoms with Gasteiger partial charge < -0.3 is 20.1 Å². The summed E-state index contributed by atoms with van der Waals surface area (Å²) < 4.78 is 10.7. The highest BCUT2D eigenvalue weighted by Crippen LogP contribution is 2.35. The summed E-state index contributed by atoms with van der Waals surface area (Å²) >= 11 is 0. The van der Waals surface area contributed by atoms with Gasteiger partial charge in [-0.05, 0) is 57.6 Å². The molecule has 1 aromatic rings. The van der Waals surface area contributed by atoms with Gasteiger partial charge in [-0.1, -0.05) is 0 Å². The van der Waals surface area contributed by atoms with Crippen LogP contribution in [0.3, 0.4) is 0 Å². The summed E-state index contributed by atoms with van der Waals surface area (Å²) in [5.74, 6) is 1.53. The van der Waals surface area contributed by atoms with Crippen molar-refractivity contribution in [3.8, 4) is 11.5 Å². The SMILES string of the molecule is COc1cc(C)c(C(CC(C)N)N(C)C)cc1OC. The highest BCUT2D eigenvalue weighted by Gasteiger charge is 2.20. The van der Waals surface area contributed by atoms with E-state index in [0.29, 0.717) is 0 Å². The van der Waals surface area contributed by atoms with Crippen molar-refractivity contribution in [1.29, 1.82) is 0 Å². The molecule has 4 heteroatoms. The molecule has 19 heavy (non-hydrogen) atoms. The van der Waals surface area contributed by atoms with Crippen molar-refractivity contribution in [2.75, 3.05) is 28.3 Å². The quantitative estimate of drug-likeness (QED) is 0.858. The summed E-state index contributed by atoms with van der Waals surface area (Å²) in [5, 5.41) is 0. The summed E-state index contributed by atoms with van der Waals surface area (Å²) in [7, 11) is 7.46. The van der Waals surface area contributed by atoms with Crippen LogP contribution in [0.5, 0.6) is 11.5 Å². The smallest absolute Gasteiger partial charge is 0.161 e. The summed E-state index contributed by atoms with van der Waals surface area (Å²) in [4.78, 5) is 2.19. The Morgan fingerprint density at radius 1 is 1.16 bits per heavy atom. The van der Waals surface area contributed by atoms with Crippen LogP contribution in [0, 0.1) is 6.92 Å². The molecule has 4 nitrogen and oxygen atoms in total. The van der Waals surface area contributed by atoms with E-state index in [4.69, 9.17) is 15.2 Å². The Morgan fingerprint density at radius 3 is 2.11 bits per heavy atom. The van der Waals surface area contributed by atoms with E-state index in [1.54, 1.807) is 14.2 Å². The number of nitrogens with zero attached hydrogens (tertiary/aromatic N) is 1. The summed E-state index contributed by atoms with van der Waals surface area (Å²) in [5.41, 5.74) is 8.39. The zero-order valence-corrected chi connectivity index (χ0v) is 12.9. The largest absolute Gasteiger partial charge is 0.493 e. The maximum Gasteiger partial charge on any atom is 0.161 e. The molecule has 0 aliphatic heterocycles. The molecule has 1 rings (SSSR count). The highest BCUT2D eigenvalue weighted by molar-refractivity contribution is 5.48. The number of benzene rings is 1. The van der Waals surface area contributed by atoms with Crippen molar-refractivity contribution >= 4 is 0 Å². The molecule has 1 aromatic carbocycles. The second kappa shape index (κ2) is 6.78. The molecule has 0 fully saturated rings. The molecule has 0 heterocycles.